The Bertz CT molecular complexity index is 1060. The highest BCUT2D eigenvalue weighted by molar-refractivity contribution is 7.15. The van der Waals surface area contributed by atoms with Gasteiger partial charge in [0.15, 0.2) is 0 Å². The zero-order valence-electron chi connectivity index (χ0n) is 14.9. The molecule has 0 unspecified atom stereocenters. The van der Waals surface area contributed by atoms with Crippen molar-refractivity contribution >= 4 is 34.4 Å². The summed E-state index contributed by atoms with van der Waals surface area (Å²) >= 11 is 7.71. The number of hydrogen-bond donors (Lipinski definition) is 1. The maximum absolute atomic E-state index is 5.99. The summed E-state index contributed by atoms with van der Waals surface area (Å²) in [5.41, 5.74) is 4.19. The summed E-state index contributed by atoms with van der Waals surface area (Å²) in [5.74, 6) is 1.31. The van der Waals surface area contributed by atoms with E-state index in [-0.39, 0.29) is 0 Å². The topological polar surface area (TPSA) is 50.7 Å². The fourth-order valence-corrected chi connectivity index (χ4v) is 3.99. The van der Waals surface area contributed by atoms with Crippen molar-refractivity contribution in [2.45, 2.75) is 13.8 Å². The highest BCUT2D eigenvalue weighted by Crippen LogP contribution is 2.33. The molecule has 4 nitrogen and oxygen atoms in total. The molecular formula is C21H17ClN4S. The summed E-state index contributed by atoms with van der Waals surface area (Å²) in [6.07, 6.45) is 0. The number of benzene rings is 2. The number of hydrogen-bond acceptors (Lipinski definition) is 5. The van der Waals surface area contributed by atoms with Crippen LogP contribution in [0.2, 0.25) is 5.15 Å². The molecule has 0 radical (unpaired) electrons. The molecule has 0 saturated carbocycles. The maximum Gasteiger partial charge on any atom is 0.135 e. The predicted octanol–water partition coefficient (Wildman–Crippen LogP) is 6.28. The van der Waals surface area contributed by atoms with E-state index in [1.165, 1.54) is 4.88 Å². The number of nitrogens with one attached hydrogen (secondary N) is 1. The van der Waals surface area contributed by atoms with E-state index in [2.05, 4.69) is 46.5 Å². The summed E-state index contributed by atoms with van der Waals surface area (Å²) in [7, 11) is 0. The smallest absolute Gasteiger partial charge is 0.135 e. The molecule has 4 aromatic rings. The van der Waals surface area contributed by atoms with Crippen LogP contribution in [0.15, 0.2) is 60.7 Å². The zero-order valence-corrected chi connectivity index (χ0v) is 16.5. The van der Waals surface area contributed by atoms with Gasteiger partial charge in [0.25, 0.3) is 0 Å². The van der Waals surface area contributed by atoms with Crippen molar-refractivity contribution in [3.8, 4) is 21.8 Å². The molecule has 0 atom stereocenters. The number of anilines is 2. The monoisotopic (exact) mass is 392 g/mol. The van der Waals surface area contributed by atoms with Crippen molar-refractivity contribution in [2.75, 3.05) is 5.32 Å². The van der Waals surface area contributed by atoms with Crippen molar-refractivity contribution in [3.05, 3.63) is 76.5 Å². The van der Waals surface area contributed by atoms with Crippen LogP contribution in [0.1, 0.15) is 10.7 Å². The molecule has 0 fully saturated rings. The fourth-order valence-electron chi connectivity index (χ4n) is 2.82. The van der Waals surface area contributed by atoms with Gasteiger partial charge in [-0.25, -0.2) is 15.0 Å². The second-order valence-electron chi connectivity index (χ2n) is 6.12. The number of aryl methyl sites for hydroxylation is 2. The van der Waals surface area contributed by atoms with Gasteiger partial charge in [0.2, 0.25) is 0 Å². The number of nitrogens with zero attached hydrogens (tertiary/aromatic N) is 3. The zero-order chi connectivity index (χ0) is 18.8. The Balaban J connectivity index is 1.58. The van der Waals surface area contributed by atoms with Crippen molar-refractivity contribution in [1.82, 2.24) is 15.0 Å². The maximum atomic E-state index is 5.99. The standard InChI is InChI=1S/C21H17ClN4S/c1-13-20(26-21(27-13)16-6-4-3-5-7-16)15-8-10-17(11-9-15)25-19-12-18(22)23-14(2)24-19/h3-12H,1-2H3,(H,23,24,25). The molecule has 0 saturated heterocycles. The second kappa shape index (κ2) is 7.47. The van der Waals surface area contributed by atoms with E-state index in [0.29, 0.717) is 16.8 Å². The third-order valence-electron chi connectivity index (χ3n) is 4.05. The van der Waals surface area contributed by atoms with Crippen LogP contribution < -0.4 is 5.32 Å². The number of halogens is 1. The molecule has 0 spiro atoms. The lowest BCUT2D eigenvalue weighted by molar-refractivity contribution is 1.06. The van der Waals surface area contributed by atoms with Crippen LogP contribution in [0.25, 0.3) is 21.8 Å². The summed E-state index contributed by atoms with van der Waals surface area (Å²) in [6, 6.07) is 20.1. The first kappa shape index (κ1) is 17.6. The molecule has 2 aromatic carbocycles. The van der Waals surface area contributed by atoms with Gasteiger partial charge in [0.05, 0.1) is 5.69 Å². The summed E-state index contributed by atoms with van der Waals surface area (Å²) in [5, 5.41) is 4.72. The normalized spacial score (nSPS) is 10.8. The van der Waals surface area contributed by atoms with E-state index in [0.717, 1.165) is 27.5 Å². The molecule has 0 aliphatic carbocycles. The van der Waals surface area contributed by atoms with Gasteiger partial charge in [-0.1, -0.05) is 54.1 Å². The molecule has 0 bridgehead atoms. The van der Waals surface area contributed by atoms with Gasteiger partial charge in [0.1, 0.15) is 21.8 Å². The van der Waals surface area contributed by atoms with Gasteiger partial charge in [-0.05, 0) is 26.0 Å². The largest absolute Gasteiger partial charge is 0.340 e. The lowest BCUT2D eigenvalue weighted by Gasteiger charge is -2.07. The van der Waals surface area contributed by atoms with E-state index in [1.54, 1.807) is 17.4 Å². The van der Waals surface area contributed by atoms with E-state index >= 15 is 0 Å². The van der Waals surface area contributed by atoms with Gasteiger partial charge < -0.3 is 5.32 Å². The summed E-state index contributed by atoms with van der Waals surface area (Å²) < 4.78 is 0. The highest BCUT2D eigenvalue weighted by atomic mass is 35.5. The van der Waals surface area contributed by atoms with Crippen molar-refractivity contribution < 1.29 is 0 Å². The third kappa shape index (κ3) is 3.99. The van der Waals surface area contributed by atoms with Gasteiger partial charge in [-0.3, -0.25) is 0 Å². The Morgan fingerprint density at radius 2 is 1.59 bits per heavy atom. The van der Waals surface area contributed by atoms with E-state index in [9.17, 15) is 0 Å². The van der Waals surface area contributed by atoms with Gasteiger partial charge >= 0.3 is 0 Å². The first-order valence-corrected chi connectivity index (χ1v) is 9.69. The number of aromatic nitrogens is 3. The Morgan fingerprint density at radius 1 is 0.852 bits per heavy atom. The molecule has 6 heteroatoms. The number of rotatable bonds is 4. The van der Waals surface area contributed by atoms with Gasteiger partial charge in [-0.15, -0.1) is 11.3 Å². The fraction of sp³-hybridized carbons (Fsp3) is 0.0952. The van der Waals surface area contributed by atoms with Crippen LogP contribution in [0, 0.1) is 13.8 Å². The molecule has 134 valence electrons. The van der Waals surface area contributed by atoms with Crippen molar-refractivity contribution in [2.24, 2.45) is 0 Å². The predicted molar refractivity (Wildman–Crippen MR) is 113 cm³/mol. The lowest BCUT2D eigenvalue weighted by Crippen LogP contribution is -1.97. The Hall–Kier alpha value is -2.76. The van der Waals surface area contributed by atoms with Gasteiger partial charge in [0, 0.05) is 27.8 Å². The molecule has 2 heterocycles. The minimum Gasteiger partial charge on any atom is -0.340 e. The summed E-state index contributed by atoms with van der Waals surface area (Å²) in [4.78, 5) is 14.5. The van der Waals surface area contributed by atoms with Crippen LogP contribution >= 0.6 is 22.9 Å². The molecule has 4 rings (SSSR count). The third-order valence-corrected chi connectivity index (χ3v) is 5.27. The highest BCUT2D eigenvalue weighted by Gasteiger charge is 2.11. The molecule has 1 N–H and O–H groups in total. The molecule has 0 aliphatic rings. The van der Waals surface area contributed by atoms with E-state index < -0.39 is 0 Å². The first-order chi connectivity index (χ1) is 13.1. The average Bonchev–Trinajstić information content (AvgIpc) is 3.04. The van der Waals surface area contributed by atoms with Gasteiger partial charge in [-0.2, -0.15) is 0 Å². The quantitative estimate of drug-likeness (QED) is 0.415. The molecule has 27 heavy (non-hydrogen) atoms. The van der Waals surface area contributed by atoms with Crippen LogP contribution in [0.4, 0.5) is 11.5 Å². The molecule has 0 aliphatic heterocycles. The van der Waals surface area contributed by atoms with E-state index in [4.69, 9.17) is 16.6 Å². The minimum atomic E-state index is 0.424. The lowest BCUT2D eigenvalue weighted by atomic mass is 10.1. The van der Waals surface area contributed by atoms with E-state index in [1.807, 2.05) is 37.3 Å². The van der Waals surface area contributed by atoms with Crippen molar-refractivity contribution in [1.29, 1.82) is 0 Å². The Morgan fingerprint density at radius 3 is 2.30 bits per heavy atom. The second-order valence-corrected chi connectivity index (χ2v) is 7.71. The van der Waals surface area contributed by atoms with Crippen molar-refractivity contribution in [3.63, 3.8) is 0 Å². The minimum absolute atomic E-state index is 0.424. The van der Waals surface area contributed by atoms with Crippen LogP contribution in [-0.4, -0.2) is 15.0 Å². The Labute approximate surface area is 166 Å². The molecule has 2 aromatic heterocycles. The molecule has 0 amide bonds. The first-order valence-electron chi connectivity index (χ1n) is 8.50. The van der Waals surface area contributed by atoms with Crippen LogP contribution in [0.5, 0.6) is 0 Å². The summed E-state index contributed by atoms with van der Waals surface area (Å²) in [6.45, 7) is 3.92. The molecular weight excluding hydrogens is 376 g/mol. The Kier molecular flexibility index (Phi) is 4.88. The number of thiazole rings is 1. The van der Waals surface area contributed by atoms with Crippen LogP contribution in [-0.2, 0) is 0 Å². The average molecular weight is 393 g/mol. The van der Waals surface area contributed by atoms with Crippen LogP contribution in [0.3, 0.4) is 0 Å². The SMILES string of the molecule is Cc1nc(Cl)cc(Nc2ccc(-c3nc(-c4ccccc4)sc3C)cc2)n1.